The summed E-state index contributed by atoms with van der Waals surface area (Å²) in [5, 5.41) is 2.50. The molecular weight excluding hydrogens is 633 g/mol. The van der Waals surface area contributed by atoms with Crippen molar-refractivity contribution in [2.75, 3.05) is 0 Å². The standard InChI is InChI=1S/C48H34N4/c1-48(2)41-25-11-9-23-37(41)39-27-28-40-38-24-10-12-26-42(38)52(44(40)43(39)48)36-22-14-21-35(30-36)47-50-45(32-17-7-4-8-18-32)49-46(51-47)34-20-13-19-33(29-34)31-15-5-3-6-16-31/h3-30H,1-2H3. The summed E-state index contributed by atoms with van der Waals surface area (Å²) in [6, 6.07) is 59.9. The van der Waals surface area contributed by atoms with E-state index in [1.54, 1.807) is 0 Å². The van der Waals surface area contributed by atoms with Crippen LogP contribution >= 0.6 is 0 Å². The third-order valence-electron chi connectivity index (χ3n) is 10.6. The zero-order valence-corrected chi connectivity index (χ0v) is 29.0. The van der Waals surface area contributed by atoms with Gasteiger partial charge in [-0.1, -0.05) is 159 Å². The van der Waals surface area contributed by atoms with E-state index >= 15 is 0 Å². The lowest BCUT2D eigenvalue weighted by atomic mass is 9.81. The van der Waals surface area contributed by atoms with Gasteiger partial charge in [-0.3, -0.25) is 0 Å². The maximum absolute atomic E-state index is 5.16. The summed E-state index contributed by atoms with van der Waals surface area (Å²) in [5.41, 5.74) is 13.8. The second kappa shape index (κ2) is 11.7. The van der Waals surface area contributed by atoms with Crippen LogP contribution in [0, 0.1) is 0 Å². The van der Waals surface area contributed by atoms with Crippen LogP contribution in [0.5, 0.6) is 0 Å². The summed E-state index contributed by atoms with van der Waals surface area (Å²) in [6.45, 7) is 4.72. The van der Waals surface area contributed by atoms with Crippen molar-refractivity contribution < 1.29 is 0 Å². The molecule has 10 rings (SSSR count). The molecule has 2 heterocycles. The van der Waals surface area contributed by atoms with E-state index in [-0.39, 0.29) is 5.41 Å². The number of fused-ring (bicyclic) bond motifs is 7. The van der Waals surface area contributed by atoms with Gasteiger partial charge in [0, 0.05) is 38.6 Å². The van der Waals surface area contributed by atoms with Crippen molar-refractivity contribution in [3.8, 4) is 62.1 Å². The van der Waals surface area contributed by atoms with Crippen LogP contribution in [-0.4, -0.2) is 19.5 Å². The quantitative estimate of drug-likeness (QED) is 0.184. The zero-order chi connectivity index (χ0) is 34.8. The summed E-state index contributed by atoms with van der Waals surface area (Å²) >= 11 is 0. The molecule has 0 amide bonds. The highest BCUT2D eigenvalue weighted by Gasteiger charge is 2.38. The van der Waals surface area contributed by atoms with Crippen molar-refractivity contribution in [1.82, 2.24) is 19.5 Å². The number of hydrogen-bond acceptors (Lipinski definition) is 3. The molecule has 0 spiro atoms. The molecule has 0 saturated carbocycles. The second-order valence-electron chi connectivity index (χ2n) is 14.1. The van der Waals surface area contributed by atoms with Crippen LogP contribution in [0.2, 0.25) is 0 Å². The van der Waals surface area contributed by atoms with Gasteiger partial charge in [0.2, 0.25) is 0 Å². The van der Waals surface area contributed by atoms with Gasteiger partial charge in [-0.2, -0.15) is 0 Å². The Kier molecular flexibility index (Phi) is 6.80. The fraction of sp³-hybridized carbons (Fsp3) is 0.0625. The molecule has 0 N–H and O–H groups in total. The Morgan fingerprint density at radius 3 is 1.77 bits per heavy atom. The van der Waals surface area contributed by atoms with Crippen LogP contribution in [0.25, 0.3) is 83.9 Å². The van der Waals surface area contributed by atoms with Crippen molar-refractivity contribution in [2.45, 2.75) is 19.3 Å². The monoisotopic (exact) mass is 666 g/mol. The molecule has 0 bridgehead atoms. The number of rotatable bonds is 5. The number of hydrogen-bond donors (Lipinski definition) is 0. The minimum atomic E-state index is -0.169. The fourth-order valence-corrected chi connectivity index (χ4v) is 8.18. The van der Waals surface area contributed by atoms with Gasteiger partial charge < -0.3 is 4.57 Å². The van der Waals surface area contributed by atoms with Crippen LogP contribution < -0.4 is 0 Å². The number of para-hydroxylation sites is 1. The van der Waals surface area contributed by atoms with E-state index < -0.39 is 0 Å². The summed E-state index contributed by atoms with van der Waals surface area (Å²) in [4.78, 5) is 15.3. The SMILES string of the molecule is CC1(C)c2ccccc2-c2ccc3c4ccccc4n(-c4cccc(-c5nc(-c6ccccc6)nc(-c6cccc(-c7ccccc7)c6)n5)c4)c3c21. The molecule has 0 radical (unpaired) electrons. The van der Waals surface area contributed by atoms with Crippen molar-refractivity contribution in [3.05, 3.63) is 181 Å². The molecule has 246 valence electrons. The molecule has 4 nitrogen and oxygen atoms in total. The van der Waals surface area contributed by atoms with Gasteiger partial charge >= 0.3 is 0 Å². The van der Waals surface area contributed by atoms with E-state index in [0.717, 1.165) is 33.5 Å². The van der Waals surface area contributed by atoms with Gasteiger partial charge in [-0.05, 0) is 57.6 Å². The average molecular weight is 667 g/mol. The van der Waals surface area contributed by atoms with E-state index in [4.69, 9.17) is 15.0 Å². The molecule has 2 aromatic heterocycles. The third-order valence-corrected chi connectivity index (χ3v) is 10.6. The molecule has 1 aliphatic rings. The Morgan fingerprint density at radius 1 is 0.423 bits per heavy atom. The first-order valence-corrected chi connectivity index (χ1v) is 17.8. The van der Waals surface area contributed by atoms with Crippen LogP contribution in [0.3, 0.4) is 0 Å². The number of nitrogens with zero attached hydrogens (tertiary/aromatic N) is 4. The largest absolute Gasteiger partial charge is 0.309 e. The van der Waals surface area contributed by atoms with Crippen LogP contribution in [0.1, 0.15) is 25.0 Å². The first kappa shape index (κ1) is 30.2. The highest BCUT2D eigenvalue weighted by molar-refractivity contribution is 6.13. The van der Waals surface area contributed by atoms with Gasteiger partial charge in [0.1, 0.15) is 0 Å². The van der Waals surface area contributed by atoms with Gasteiger partial charge in [0.05, 0.1) is 11.0 Å². The van der Waals surface area contributed by atoms with E-state index in [0.29, 0.717) is 17.5 Å². The summed E-state index contributed by atoms with van der Waals surface area (Å²) < 4.78 is 2.45. The smallest absolute Gasteiger partial charge is 0.164 e. The fourth-order valence-electron chi connectivity index (χ4n) is 8.18. The molecular formula is C48H34N4. The number of aromatic nitrogens is 4. The van der Waals surface area contributed by atoms with E-state index in [2.05, 4.69) is 164 Å². The van der Waals surface area contributed by atoms with Gasteiger partial charge in [0.25, 0.3) is 0 Å². The normalized spacial score (nSPS) is 13.0. The Bertz CT molecular complexity index is 2810. The predicted octanol–water partition coefficient (Wildman–Crippen LogP) is 11.9. The van der Waals surface area contributed by atoms with E-state index in [1.165, 1.54) is 44.1 Å². The maximum atomic E-state index is 5.16. The summed E-state index contributed by atoms with van der Waals surface area (Å²) in [5.74, 6) is 1.92. The van der Waals surface area contributed by atoms with E-state index in [9.17, 15) is 0 Å². The highest BCUT2D eigenvalue weighted by atomic mass is 15.0. The molecule has 4 heteroatoms. The van der Waals surface area contributed by atoms with Crippen molar-refractivity contribution >= 4 is 21.8 Å². The lowest BCUT2D eigenvalue weighted by molar-refractivity contribution is 0.664. The molecule has 0 fully saturated rings. The van der Waals surface area contributed by atoms with Gasteiger partial charge in [-0.15, -0.1) is 0 Å². The molecule has 0 saturated heterocycles. The minimum Gasteiger partial charge on any atom is -0.309 e. The van der Waals surface area contributed by atoms with Gasteiger partial charge in [-0.25, -0.2) is 15.0 Å². The van der Waals surface area contributed by atoms with Gasteiger partial charge in [0.15, 0.2) is 17.5 Å². The molecule has 1 aliphatic carbocycles. The van der Waals surface area contributed by atoms with E-state index in [1.807, 2.05) is 24.3 Å². The van der Waals surface area contributed by atoms with Crippen molar-refractivity contribution in [1.29, 1.82) is 0 Å². The molecule has 7 aromatic carbocycles. The summed E-state index contributed by atoms with van der Waals surface area (Å²) in [6.07, 6.45) is 0. The first-order chi connectivity index (χ1) is 25.5. The van der Waals surface area contributed by atoms with Crippen LogP contribution in [0.15, 0.2) is 170 Å². The topological polar surface area (TPSA) is 43.6 Å². The lowest BCUT2D eigenvalue weighted by Gasteiger charge is -2.23. The van der Waals surface area contributed by atoms with Crippen molar-refractivity contribution in [3.63, 3.8) is 0 Å². The summed E-state index contributed by atoms with van der Waals surface area (Å²) in [7, 11) is 0. The zero-order valence-electron chi connectivity index (χ0n) is 29.0. The Morgan fingerprint density at radius 2 is 1.00 bits per heavy atom. The lowest BCUT2D eigenvalue weighted by Crippen LogP contribution is -2.16. The Balaban J connectivity index is 1.18. The number of benzene rings is 7. The molecule has 52 heavy (non-hydrogen) atoms. The third kappa shape index (κ3) is 4.72. The molecule has 0 unspecified atom stereocenters. The average Bonchev–Trinajstić information content (AvgIpc) is 3.67. The van der Waals surface area contributed by atoms with Crippen LogP contribution in [-0.2, 0) is 5.41 Å². The molecule has 0 aliphatic heterocycles. The van der Waals surface area contributed by atoms with Crippen LogP contribution in [0.4, 0.5) is 0 Å². The van der Waals surface area contributed by atoms with Crippen molar-refractivity contribution in [2.24, 2.45) is 0 Å². The Hall–Kier alpha value is -6.65. The second-order valence-corrected chi connectivity index (χ2v) is 14.1. The predicted molar refractivity (Wildman–Crippen MR) is 213 cm³/mol. The minimum absolute atomic E-state index is 0.169. The highest BCUT2D eigenvalue weighted by Crippen LogP contribution is 2.53. The molecule has 9 aromatic rings. The maximum Gasteiger partial charge on any atom is 0.164 e. The Labute approximate surface area is 302 Å². The molecule has 0 atom stereocenters. The first-order valence-electron chi connectivity index (χ1n) is 17.8.